The SMILES string of the molecule is CCOC(=O)C1C(C(OC(C)=O)C(Cl)(Cl)C(F)(F)F)C1(C)C. The van der Waals surface area contributed by atoms with Crippen LogP contribution in [0.25, 0.3) is 0 Å². The molecule has 0 bridgehead atoms. The minimum absolute atomic E-state index is 0.0858. The maximum Gasteiger partial charge on any atom is 0.425 e. The highest BCUT2D eigenvalue weighted by molar-refractivity contribution is 6.49. The summed E-state index contributed by atoms with van der Waals surface area (Å²) in [6.07, 6.45) is -6.94. The van der Waals surface area contributed by atoms with Gasteiger partial charge in [0.25, 0.3) is 0 Å². The molecule has 128 valence electrons. The summed E-state index contributed by atoms with van der Waals surface area (Å²) in [4.78, 5) is 23.0. The quantitative estimate of drug-likeness (QED) is 0.553. The molecular formula is C13H17Cl2F3O4. The Hall–Kier alpha value is -0.690. The van der Waals surface area contributed by atoms with E-state index in [0.717, 1.165) is 6.92 Å². The van der Waals surface area contributed by atoms with Gasteiger partial charge in [-0.05, 0) is 12.3 Å². The van der Waals surface area contributed by atoms with Crippen molar-refractivity contribution in [2.75, 3.05) is 6.61 Å². The van der Waals surface area contributed by atoms with Gasteiger partial charge in [0.05, 0.1) is 12.5 Å². The van der Waals surface area contributed by atoms with Crippen LogP contribution >= 0.6 is 23.2 Å². The van der Waals surface area contributed by atoms with E-state index in [1.165, 1.54) is 0 Å². The molecule has 1 fully saturated rings. The summed E-state index contributed by atoms with van der Waals surface area (Å²) in [6, 6.07) is 0. The van der Waals surface area contributed by atoms with Crippen LogP contribution in [-0.2, 0) is 19.1 Å². The lowest BCUT2D eigenvalue weighted by Crippen LogP contribution is -2.49. The van der Waals surface area contributed by atoms with Crippen LogP contribution in [0.3, 0.4) is 0 Å². The van der Waals surface area contributed by atoms with Crippen LogP contribution in [0.2, 0.25) is 0 Å². The summed E-state index contributed by atoms with van der Waals surface area (Å²) < 4.78 is 45.5. The summed E-state index contributed by atoms with van der Waals surface area (Å²) in [5.74, 6) is -3.51. The minimum atomic E-state index is -5.03. The van der Waals surface area contributed by atoms with E-state index in [1.807, 2.05) is 0 Å². The highest BCUT2D eigenvalue weighted by Crippen LogP contribution is 2.65. The molecule has 22 heavy (non-hydrogen) atoms. The summed E-state index contributed by atoms with van der Waals surface area (Å²) in [7, 11) is 0. The molecule has 0 saturated heterocycles. The van der Waals surface area contributed by atoms with Crippen LogP contribution < -0.4 is 0 Å². The summed E-state index contributed by atoms with van der Waals surface area (Å²) in [5.41, 5.74) is -0.882. The molecule has 1 saturated carbocycles. The number of halogens is 5. The van der Waals surface area contributed by atoms with Crippen LogP contribution in [0.1, 0.15) is 27.7 Å². The van der Waals surface area contributed by atoms with E-state index in [0.29, 0.717) is 0 Å². The third-order valence-corrected chi connectivity index (χ3v) is 4.66. The Kier molecular flexibility index (Phi) is 5.34. The Morgan fingerprint density at radius 3 is 2.14 bits per heavy atom. The Labute approximate surface area is 136 Å². The molecule has 0 aromatic rings. The second-order valence-electron chi connectivity index (χ2n) is 5.73. The van der Waals surface area contributed by atoms with Crippen molar-refractivity contribution >= 4 is 35.1 Å². The molecule has 4 nitrogen and oxygen atoms in total. The van der Waals surface area contributed by atoms with E-state index < -0.39 is 45.8 Å². The Morgan fingerprint density at radius 1 is 1.27 bits per heavy atom. The van der Waals surface area contributed by atoms with Gasteiger partial charge in [-0.15, -0.1) is 0 Å². The number of esters is 2. The molecule has 3 unspecified atom stereocenters. The lowest BCUT2D eigenvalue weighted by atomic mass is 10.0. The predicted octanol–water partition coefficient (Wildman–Crippen LogP) is 3.49. The van der Waals surface area contributed by atoms with Gasteiger partial charge in [0, 0.05) is 12.8 Å². The van der Waals surface area contributed by atoms with Crippen molar-refractivity contribution in [3.05, 3.63) is 0 Å². The first-order valence-electron chi connectivity index (χ1n) is 6.56. The normalized spacial score (nSPS) is 25.3. The van der Waals surface area contributed by atoms with Gasteiger partial charge in [0.2, 0.25) is 4.33 Å². The van der Waals surface area contributed by atoms with Crippen molar-refractivity contribution in [3.63, 3.8) is 0 Å². The zero-order valence-corrected chi connectivity index (χ0v) is 14.0. The van der Waals surface area contributed by atoms with Crippen molar-refractivity contribution in [2.45, 2.75) is 44.3 Å². The standard InChI is InChI=1S/C13H17Cl2F3O4/c1-5-21-10(20)8-7(11(8,3)4)9(22-6(2)19)12(14,15)13(16,17)18/h7-9H,5H2,1-4H3. The molecule has 0 aromatic heterocycles. The monoisotopic (exact) mass is 364 g/mol. The molecule has 0 N–H and O–H groups in total. The van der Waals surface area contributed by atoms with Gasteiger partial charge in [-0.1, -0.05) is 37.0 Å². The Morgan fingerprint density at radius 2 is 1.77 bits per heavy atom. The van der Waals surface area contributed by atoms with E-state index >= 15 is 0 Å². The van der Waals surface area contributed by atoms with E-state index in [2.05, 4.69) is 0 Å². The highest BCUT2D eigenvalue weighted by Gasteiger charge is 2.74. The Balaban J connectivity index is 3.14. The molecule has 0 aromatic carbocycles. The predicted molar refractivity (Wildman–Crippen MR) is 73.4 cm³/mol. The number of alkyl halides is 5. The van der Waals surface area contributed by atoms with E-state index in [-0.39, 0.29) is 6.61 Å². The number of rotatable bonds is 5. The van der Waals surface area contributed by atoms with Crippen molar-refractivity contribution in [1.82, 2.24) is 0 Å². The van der Waals surface area contributed by atoms with Crippen molar-refractivity contribution in [3.8, 4) is 0 Å². The Bertz CT molecular complexity index is 463. The first-order valence-corrected chi connectivity index (χ1v) is 7.32. The van der Waals surface area contributed by atoms with Crippen molar-refractivity contribution in [2.24, 2.45) is 17.3 Å². The molecule has 0 radical (unpaired) electrons. The fraction of sp³-hybridized carbons (Fsp3) is 0.846. The van der Waals surface area contributed by atoms with Crippen LogP contribution in [0.5, 0.6) is 0 Å². The smallest absolute Gasteiger partial charge is 0.425 e. The fourth-order valence-electron chi connectivity index (χ4n) is 2.64. The molecule has 1 rings (SSSR count). The maximum atomic E-state index is 13.1. The second-order valence-corrected chi connectivity index (χ2v) is 7.11. The van der Waals surface area contributed by atoms with Crippen molar-refractivity contribution < 1.29 is 32.2 Å². The van der Waals surface area contributed by atoms with Crippen LogP contribution in [-0.4, -0.2) is 35.2 Å². The molecule has 1 aliphatic carbocycles. The van der Waals surface area contributed by atoms with Gasteiger partial charge >= 0.3 is 18.1 Å². The zero-order valence-electron chi connectivity index (χ0n) is 12.5. The van der Waals surface area contributed by atoms with Crippen LogP contribution in [0.15, 0.2) is 0 Å². The van der Waals surface area contributed by atoms with Crippen LogP contribution in [0.4, 0.5) is 13.2 Å². The fourth-order valence-corrected chi connectivity index (χ4v) is 3.00. The number of carbonyl (C=O) groups is 2. The minimum Gasteiger partial charge on any atom is -0.466 e. The molecule has 0 aliphatic heterocycles. The summed E-state index contributed by atoms with van der Waals surface area (Å²) >= 11 is 10.9. The zero-order chi connectivity index (χ0) is 17.5. The topological polar surface area (TPSA) is 52.6 Å². The van der Waals surface area contributed by atoms with E-state index in [1.54, 1.807) is 20.8 Å². The average Bonchev–Trinajstić information content (AvgIpc) is 2.87. The summed E-state index contributed by atoms with van der Waals surface area (Å²) in [6.45, 7) is 5.74. The van der Waals surface area contributed by atoms with Gasteiger partial charge in [-0.2, -0.15) is 13.2 Å². The molecule has 3 atom stereocenters. The molecular weight excluding hydrogens is 348 g/mol. The first kappa shape index (κ1) is 19.4. The number of hydrogen-bond acceptors (Lipinski definition) is 4. The lowest BCUT2D eigenvalue weighted by molar-refractivity contribution is -0.181. The highest BCUT2D eigenvalue weighted by atomic mass is 35.5. The third-order valence-electron chi connectivity index (χ3n) is 3.81. The van der Waals surface area contributed by atoms with E-state index in [4.69, 9.17) is 32.7 Å². The van der Waals surface area contributed by atoms with Gasteiger partial charge in [-0.25, -0.2) is 0 Å². The van der Waals surface area contributed by atoms with Gasteiger partial charge < -0.3 is 9.47 Å². The van der Waals surface area contributed by atoms with Gasteiger partial charge in [0.15, 0.2) is 0 Å². The second kappa shape index (κ2) is 6.07. The molecule has 0 amide bonds. The van der Waals surface area contributed by atoms with Gasteiger partial charge in [0.1, 0.15) is 6.10 Å². The first-order chi connectivity index (χ1) is 9.78. The van der Waals surface area contributed by atoms with Crippen molar-refractivity contribution in [1.29, 1.82) is 0 Å². The third kappa shape index (κ3) is 3.45. The van der Waals surface area contributed by atoms with Gasteiger partial charge in [-0.3, -0.25) is 9.59 Å². The number of ether oxygens (including phenoxy) is 2. The average molecular weight is 365 g/mol. The summed E-state index contributed by atoms with van der Waals surface area (Å²) in [5, 5.41) is 0. The lowest BCUT2D eigenvalue weighted by Gasteiger charge is -2.32. The molecule has 9 heteroatoms. The molecule has 0 spiro atoms. The maximum absolute atomic E-state index is 13.1. The molecule has 0 heterocycles. The van der Waals surface area contributed by atoms with Crippen LogP contribution in [0, 0.1) is 17.3 Å². The molecule has 1 aliphatic rings. The number of carbonyl (C=O) groups excluding carboxylic acids is 2. The van der Waals surface area contributed by atoms with E-state index in [9.17, 15) is 22.8 Å². The largest absolute Gasteiger partial charge is 0.466 e. The number of hydrogen-bond donors (Lipinski definition) is 0.